The number of hydrogen-bond donors (Lipinski definition) is 4. The number of phenols is 3. The number of aromatic hydroxyl groups is 3. The minimum absolute atomic E-state index is 0.0796. The highest BCUT2D eigenvalue weighted by Crippen LogP contribution is 2.33. The Kier molecular flexibility index (Phi) is 6.95. The van der Waals surface area contributed by atoms with Gasteiger partial charge in [-0.3, -0.25) is 0 Å². The molecule has 0 saturated carbocycles. The Bertz CT molecular complexity index is 684. The van der Waals surface area contributed by atoms with Crippen molar-refractivity contribution in [3.8, 4) is 17.2 Å². The Morgan fingerprint density at radius 3 is 2.21 bits per heavy atom. The van der Waals surface area contributed by atoms with Crippen molar-refractivity contribution < 1.29 is 15.3 Å². The lowest BCUT2D eigenvalue weighted by Gasteiger charge is -2.14. The molecule has 24 heavy (non-hydrogen) atoms. The van der Waals surface area contributed by atoms with Crippen LogP contribution >= 0.6 is 31.9 Å². The Labute approximate surface area is 158 Å². The van der Waals surface area contributed by atoms with Gasteiger partial charge in [0.05, 0.1) is 8.95 Å². The van der Waals surface area contributed by atoms with Gasteiger partial charge in [0.1, 0.15) is 5.75 Å². The monoisotopic (exact) mass is 457 g/mol. The summed E-state index contributed by atoms with van der Waals surface area (Å²) in [6.07, 6.45) is 2.67. The third-order valence-corrected chi connectivity index (χ3v) is 5.10. The van der Waals surface area contributed by atoms with Crippen LogP contribution in [0.15, 0.2) is 39.3 Å². The van der Waals surface area contributed by atoms with Gasteiger partial charge in [-0.2, -0.15) is 0 Å². The predicted molar refractivity (Wildman–Crippen MR) is 103 cm³/mol. The lowest BCUT2D eigenvalue weighted by molar-refractivity contribution is 0.403. The smallest absolute Gasteiger partial charge is 0.157 e. The van der Waals surface area contributed by atoms with Crippen molar-refractivity contribution in [3.63, 3.8) is 0 Å². The van der Waals surface area contributed by atoms with Crippen LogP contribution in [-0.4, -0.2) is 27.9 Å². The van der Waals surface area contributed by atoms with Gasteiger partial charge in [0.25, 0.3) is 0 Å². The first-order chi connectivity index (χ1) is 11.4. The van der Waals surface area contributed by atoms with Crippen molar-refractivity contribution in [2.45, 2.75) is 32.2 Å². The number of aryl methyl sites for hydroxylation is 1. The normalized spacial score (nSPS) is 12.3. The molecule has 0 aliphatic carbocycles. The molecule has 0 heterocycles. The topological polar surface area (TPSA) is 72.7 Å². The molecule has 0 aromatic heterocycles. The molecule has 1 unspecified atom stereocenters. The highest BCUT2D eigenvalue weighted by Gasteiger charge is 2.08. The molecule has 0 aliphatic rings. The highest BCUT2D eigenvalue weighted by molar-refractivity contribution is 9.11. The molecule has 2 rings (SSSR count). The number of hydrogen-bond acceptors (Lipinski definition) is 4. The number of benzene rings is 2. The van der Waals surface area contributed by atoms with Crippen LogP contribution in [0.3, 0.4) is 0 Å². The number of nitrogens with one attached hydrogen (secondary N) is 1. The van der Waals surface area contributed by atoms with E-state index in [1.807, 2.05) is 18.2 Å². The van der Waals surface area contributed by atoms with Gasteiger partial charge in [-0.1, -0.05) is 6.07 Å². The first-order valence-corrected chi connectivity index (χ1v) is 9.36. The second-order valence-corrected chi connectivity index (χ2v) is 7.58. The Balaban J connectivity index is 1.77. The number of phenolic OH excluding ortho intramolecular Hbond substituents is 3. The zero-order valence-corrected chi connectivity index (χ0v) is 16.6. The lowest BCUT2D eigenvalue weighted by Crippen LogP contribution is -2.28. The van der Waals surface area contributed by atoms with Crippen molar-refractivity contribution in [1.29, 1.82) is 0 Å². The maximum atomic E-state index is 9.73. The molecule has 1 atom stereocenters. The number of rotatable bonds is 7. The lowest BCUT2D eigenvalue weighted by atomic mass is 10.1. The predicted octanol–water partition coefficient (Wildman–Crippen LogP) is 4.48. The van der Waals surface area contributed by atoms with Crippen LogP contribution in [0.2, 0.25) is 0 Å². The summed E-state index contributed by atoms with van der Waals surface area (Å²) in [6.45, 7) is 2.94. The van der Waals surface area contributed by atoms with Crippen molar-refractivity contribution in [2.75, 3.05) is 6.54 Å². The van der Waals surface area contributed by atoms with E-state index in [9.17, 15) is 15.3 Å². The van der Waals surface area contributed by atoms with Crippen LogP contribution in [0.1, 0.15) is 24.5 Å². The summed E-state index contributed by atoms with van der Waals surface area (Å²) in [6, 6.07) is 9.13. The van der Waals surface area contributed by atoms with Crippen LogP contribution < -0.4 is 5.32 Å². The Hall–Kier alpha value is -1.24. The van der Waals surface area contributed by atoms with Crippen LogP contribution in [0.25, 0.3) is 0 Å². The van der Waals surface area contributed by atoms with E-state index in [0.717, 1.165) is 36.9 Å². The van der Waals surface area contributed by atoms with Crippen LogP contribution in [-0.2, 0) is 12.8 Å². The van der Waals surface area contributed by atoms with Gasteiger partial charge in [0.15, 0.2) is 11.5 Å². The summed E-state index contributed by atoms with van der Waals surface area (Å²) in [7, 11) is 0. The SMILES string of the molecule is CC(CCc1cc(Br)c(O)c(Br)c1)NCCc1ccc(O)c(O)c1. The maximum Gasteiger partial charge on any atom is 0.157 e. The molecule has 0 amide bonds. The van der Waals surface area contributed by atoms with Gasteiger partial charge in [0, 0.05) is 6.04 Å². The Morgan fingerprint density at radius 1 is 0.917 bits per heavy atom. The minimum atomic E-state index is -0.0914. The molecule has 0 bridgehead atoms. The van der Waals surface area contributed by atoms with Gasteiger partial charge in [-0.15, -0.1) is 0 Å². The van der Waals surface area contributed by atoms with E-state index >= 15 is 0 Å². The van der Waals surface area contributed by atoms with E-state index in [1.165, 1.54) is 6.07 Å². The molecule has 4 nitrogen and oxygen atoms in total. The zero-order valence-electron chi connectivity index (χ0n) is 13.4. The molecule has 6 heteroatoms. The number of halogens is 2. The Morgan fingerprint density at radius 2 is 1.58 bits per heavy atom. The summed E-state index contributed by atoms with van der Waals surface area (Å²) < 4.78 is 1.39. The summed E-state index contributed by atoms with van der Waals surface area (Å²) in [4.78, 5) is 0. The summed E-state index contributed by atoms with van der Waals surface area (Å²) in [5.41, 5.74) is 2.14. The molecule has 4 N–H and O–H groups in total. The van der Waals surface area contributed by atoms with Gasteiger partial charge < -0.3 is 20.6 Å². The van der Waals surface area contributed by atoms with E-state index in [-0.39, 0.29) is 17.2 Å². The molecular weight excluding hydrogens is 438 g/mol. The second kappa shape index (κ2) is 8.74. The van der Waals surface area contributed by atoms with Gasteiger partial charge in [-0.25, -0.2) is 0 Å². The standard InChI is InChI=1S/C18H21Br2NO3/c1-11(2-3-13-8-14(19)18(24)15(20)9-13)21-7-6-12-4-5-16(22)17(23)10-12/h4-5,8-11,21-24H,2-3,6-7H2,1H3. The molecular formula is C18H21Br2NO3. The minimum Gasteiger partial charge on any atom is -0.506 e. The fourth-order valence-corrected chi connectivity index (χ4v) is 3.72. The van der Waals surface area contributed by atoms with Crippen LogP contribution in [0, 0.1) is 0 Å². The first kappa shape index (κ1) is 19.1. The van der Waals surface area contributed by atoms with Gasteiger partial charge in [0.2, 0.25) is 0 Å². The van der Waals surface area contributed by atoms with E-state index in [2.05, 4.69) is 44.1 Å². The molecule has 2 aromatic rings. The molecule has 0 spiro atoms. The van der Waals surface area contributed by atoms with Crippen LogP contribution in [0.5, 0.6) is 17.2 Å². The molecule has 130 valence electrons. The zero-order chi connectivity index (χ0) is 17.7. The second-order valence-electron chi connectivity index (χ2n) is 5.87. The third kappa shape index (κ3) is 5.40. The van der Waals surface area contributed by atoms with Crippen molar-refractivity contribution in [3.05, 3.63) is 50.4 Å². The molecule has 0 radical (unpaired) electrons. The average Bonchev–Trinajstić information content (AvgIpc) is 2.54. The fourth-order valence-electron chi connectivity index (χ4n) is 2.44. The molecule has 2 aromatic carbocycles. The van der Waals surface area contributed by atoms with E-state index < -0.39 is 0 Å². The molecule has 0 saturated heterocycles. The van der Waals surface area contributed by atoms with Crippen molar-refractivity contribution >= 4 is 31.9 Å². The summed E-state index contributed by atoms with van der Waals surface area (Å²) in [5.74, 6) is 0.0532. The third-order valence-electron chi connectivity index (χ3n) is 3.89. The maximum absolute atomic E-state index is 9.73. The van der Waals surface area contributed by atoms with Gasteiger partial charge >= 0.3 is 0 Å². The quantitative estimate of drug-likeness (QED) is 0.461. The van der Waals surface area contributed by atoms with Gasteiger partial charge in [-0.05, 0) is 100.0 Å². The van der Waals surface area contributed by atoms with E-state index in [4.69, 9.17) is 0 Å². The first-order valence-electron chi connectivity index (χ1n) is 7.78. The fraction of sp³-hybridized carbons (Fsp3) is 0.333. The summed E-state index contributed by atoms with van der Waals surface area (Å²) >= 11 is 6.70. The highest BCUT2D eigenvalue weighted by atomic mass is 79.9. The summed E-state index contributed by atoms with van der Waals surface area (Å²) in [5, 5.41) is 32.0. The van der Waals surface area contributed by atoms with E-state index in [0.29, 0.717) is 15.0 Å². The van der Waals surface area contributed by atoms with Crippen LogP contribution in [0.4, 0.5) is 0 Å². The van der Waals surface area contributed by atoms with Crippen molar-refractivity contribution in [1.82, 2.24) is 5.32 Å². The largest absolute Gasteiger partial charge is 0.506 e. The molecule has 0 aliphatic heterocycles. The average molecular weight is 459 g/mol. The molecule has 0 fully saturated rings. The van der Waals surface area contributed by atoms with E-state index in [1.54, 1.807) is 6.07 Å². The van der Waals surface area contributed by atoms with Crippen molar-refractivity contribution in [2.24, 2.45) is 0 Å².